The molecular weight excluding hydrogens is 294 g/mol. The highest BCUT2D eigenvalue weighted by Gasteiger charge is 2.26. The van der Waals surface area contributed by atoms with Crippen LogP contribution in [0.1, 0.15) is 24.0 Å². The van der Waals surface area contributed by atoms with Gasteiger partial charge in [-0.15, -0.1) is 0 Å². The Labute approximate surface area is 123 Å². The monoisotopic (exact) mass is 313 g/mol. The second kappa shape index (κ2) is 6.08. The molecule has 0 saturated carbocycles. The summed E-state index contributed by atoms with van der Waals surface area (Å²) in [6.45, 7) is 4.79. The number of benzene rings is 1. The summed E-state index contributed by atoms with van der Waals surface area (Å²) in [6.07, 6.45) is 1.67. The second-order valence-electron chi connectivity index (χ2n) is 5.31. The van der Waals surface area contributed by atoms with Gasteiger partial charge in [0.05, 0.1) is 9.82 Å². The predicted octanol–water partition coefficient (Wildman–Crippen LogP) is 1.24. The minimum atomic E-state index is -3.76. The Bertz CT molecular complexity index is 652. The van der Waals surface area contributed by atoms with Crippen LogP contribution < -0.4 is 10.0 Å². The first-order chi connectivity index (χ1) is 9.81. The van der Waals surface area contributed by atoms with Gasteiger partial charge in [-0.2, -0.15) is 0 Å². The van der Waals surface area contributed by atoms with Crippen molar-refractivity contribution in [2.45, 2.75) is 37.6 Å². The Morgan fingerprint density at radius 1 is 1.38 bits per heavy atom. The van der Waals surface area contributed by atoms with E-state index >= 15 is 0 Å². The van der Waals surface area contributed by atoms with Gasteiger partial charge in [0, 0.05) is 24.7 Å². The van der Waals surface area contributed by atoms with E-state index in [9.17, 15) is 18.5 Å². The number of sulfonamides is 1. The van der Waals surface area contributed by atoms with E-state index in [1.165, 1.54) is 6.07 Å². The first-order valence-electron chi connectivity index (χ1n) is 6.80. The Morgan fingerprint density at radius 2 is 2.10 bits per heavy atom. The fourth-order valence-electron chi connectivity index (χ4n) is 2.43. The molecule has 1 saturated heterocycles. The lowest BCUT2D eigenvalue weighted by molar-refractivity contribution is -0.385. The van der Waals surface area contributed by atoms with Crippen molar-refractivity contribution in [1.82, 2.24) is 10.0 Å². The number of hydrogen-bond acceptors (Lipinski definition) is 5. The lowest BCUT2D eigenvalue weighted by atomic mass is 10.1. The van der Waals surface area contributed by atoms with Crippen molar-refractivity contribution in [2.24, 2.45) is 0 Å². The van der Waals surface area contributed by atoms with E-state index in [1.807, 2.05) is 0 Å². The molecule has 1 aliphatic heterocycles. The molecule has 1 atom stereocenters. The second-order valence-corrected chi connectivity index (χ2v) is 6.99. The summed E-state index contributed by atoms with van der Waals surface area (Å²) in [5.74, 6) is 0. The maximum atomic E-state index is 12.5. The molecule has 0 bridgehead atoms. The molecular formula is C13H19N3O4S. The van der Waals surface area contributed by atoms with Gasteiger partial charge in [-0.05, 0) is 44.4 Å². The van der Waals surface area contributed by atoms with Crippen molar-refractivity contribution in [3.05, 3.63) is 33.4 Å². The Balaban J connectivity index is 2.36. The largest absolute Gasteiger partial charge is 0.315 e. The van der Waals surface area contributed by atoms with Gasteiger partial charge >= 0.3 is 0 Å². The third kappa shape index (κ3) is 3.58. The van der Waals surface area contributed by atoms with Crippen molar-refractivity contribution in [3.63, 3.8) is 0 Å². The van der Waals surface area contributed by atoms with Gasteiger partial charge in [-0.3, -0.25) is 10.1 Å². The number of nitro benzene ring substituents is 1. The van der Waals surface area contributed by atoms with Crippen LogP contribution in [0.4, 0.5) is 5.69 Å². The van der Waals surface area contributed by atoms with Crippen molar-refractivity contribution in [2.75, 3.05) is 13.1 Å². The van der Waals surface area contributed by atoms with Crippen LogP contribution in [0.3, 0.4) is 0 Å². The standard InChI is InChI=1S/C13H19N3O4S/c1-9-6-12(16(17)18)7-13(10(9)2)21(19,20)15-11-4-3-5-14-8-11/h6-7,11,14-15H,3-5,8H2,1-2H3/t11-/m1/s1. The van der Waals surface area contributed by atoms with Crippen LogP contribution in [-0.4, -0.2) is 32.5 Å². The average molecular weight is 313 g/mol. The topological polar surface area (TPSA) is 101 Å². The summed E-state index contributed by atoms with van der Waals surface area (Å²) >= 11 is 0. The number of nitro groups is 1. The SMILES string of the molecule is Cc1cc([N+](=O)[O-])cc(S(=O)(=O)N[C@@H]2CCCNC2)c1C. The van der Waals surface area contributed by atoms with Crippen molar-refractivity contribution in [3.8, 4) is 0 Å². The number of aryl methyl sites for hydroxylation is 1. The maximum Gasteiger partial charge on any atom is 0.271 e. The summed E-state index contributed by atoms with van der Waals surface area (Å²) < 4.78 is 27.6. The van der Waals surface area contributed by atoms with E-state index < -0.39 is 14.9 Å². The third-order valence-corrected chi connectivity index (χ3v) is 5.37. The zero-order valence-corrected chi connectivity index (χ0v) is 12.9. The van der Waals surface area contributed by atoms with Crippen LogP contribution >= 0.6 is 0 Å². The zero-order valence-electron chi connectivity index (χ0n) is 12.0. The molecule has 1 fully saturated rings. The summed E-state index contributed by atoms with van der Waals surface area (Å²) in [4.78, 5) is 10.3. The molecule has 2 rings (SSSR count). The third-order valence-electron chi connectivity index (χ3n) is 3.72. The summed E-state index contributed by atoms with van der Waals surface area (Å²) in [5, 5.41) is 14.0. The van der Waals surface area contributed by atoms with Crippen LogP contribution in [0.15, 0.2) is 17.0 Å². The molecule has 0 aliphatic carbocycles. The van der Waals surface area contributed by atoms with Crippen LogP contribution in [-0.2, 0) is 10.0 Å². The predicted molar refractivity (Wildman–Crippen MR) is 78.8 cm³/mol. The summed E-state index contributed by atoms with van der Waals surface area (Å²) in [5.41, 5.74) is 0.920. The number of nitrogens with zero attached hydrogens (tertiary/aromatic N) is 1. The normalized spacial score (nSPS) is 19.4. The van der Waals surface area contributed by atoms with E-state index in [0.29, 0.717) is 17.7 Å². The van der Waals surface area contributed by atoms with Crippen LogP contribution in [0.2, 0.25) is 0 Å². The molecule has 116 valence electrons. The minimum Gasteiger partial charge on any atom is -0.315 e. The Morgan fingerprint density at radius 3 is 2.67 bits per heavy atom. The van der Waals surface area contributed by atoms with Gasteiger partial charge in [0.15, 0.2) is 0 Å². The van der Waals surface area contributed by atoms with Gasteiger partial charge in [0.2, 0.25) is 10.0 Å². The quantitative estimate of drug-likeness (QED) is 0.643. The molecule has 1 heterocycles. The Kier molecular flexibility index (Phi) is 4.60. The number of piperidine rings is 1. The number of non-ortho nitro benzene ring substituents is 1. The van der Waals surface area contributed by atoms with Crippen molar-refractivity contribution < 1.29 is 13.3 Å². The highest BCUT2D eigenvalue weighted by atomic mass is 32.2. The van der Waals surface area contributed by atoms with Crippen molar-refractivity contribution in [1.29, 1.82) is 0 Å². The van der Waals surface area contributed by atoms with Gasteiger partial charge in [0.25, 0.3) is 5.69 Å². The summed E-state index contributed by atoms with van der Waals surface area (Å²) in [7, 11) is -3.76. The minimum absolute atomic E-state index is 0.0141. The maximum absolute atomic E-state index is 12.5. The Hall–Kier alpha value is -1.51. The van der Waals surface area contributed by atoms with Gasteiger partial charge in [-0.1, -0.05) is 0 Å². The van der Waals surface area contributed by atoms with Crippen LogP contribution in [0.25, 0.3) is 0 Å². The average Bonchev–Trinajstić information content (AvgIpc) is 2.41. The van der Waals surface area contributed by atoms with Gasteiger partial charge in [0.1, 0.15) is 0 Å². The fourth-order valence-corrected chi connectivity index (χ4v) is 4.04. The highest BCUT2D eigenvalue weighted by molar-refractivity contribution is 7.89. The molecule has 8 heteroatoms. The van der Waals surface area contributed by atoms with Crippen LogP contribution in [0.5, 0.6) is 0 Å². The zero-order chi connectivity index (χ0) is 15.6. The molecule has 2 N–H and O–H groups in total. The molecule has 0 radical (unpaired) electrons. The first-order valence-corrected chi connectivity index (χ1v) is 8.28. The fraction of sp³-hybridized carbons (Fsp3) is 0.538. The number of rotatable bonds is 4. The van der Waals surface area contributed by atoms with Gasteiger partial charge < -0.3 is 5.32 Å². The van der Waals surface area contributed by atoms with Gasteiger partial charge in [-0.25, -0.2) is 13.1 Å². The first kappa shape index (κ1) is 15.9. The van der Waals surface area contributed by atoms with Crippen molar-refractivity contribution >= 4 is 15.7 Å². The molecule has 7 nitrogen and oxygen atoms in total. The van der Waals surface area contributed by atoms with Crippen LogP contribution in [0, 0.1) is 24.0 Å². The molecule has 0 unspecified atom stereocenters. The molecule has 1 aromatic rings. The highest BCUT2D eigenvalue weighted by Crippen LogP contribution is 2.25. The molecule has 1 aliphatic rings. The molecule has 0 amide bonds. The lowest BCUT2D eigenvalue weighted by Crippen LogP contribution is -2.45. The molecule has 1 aromatic carbocycles. The summed E-state index contributed by atoms with van der Waals surface area (Å²) in [6, 6.07) is 2.33. The van der Waals surface area contributed by atoms with E-state index in [1.54, 1.807) is 13.8 Å². The number of nitrogens with one attached hydrogen (secondary N) is 2. The molecule has 21 heavy (non-hydrogen) atoms. The number of hydrogen-bond donors (Lipinski definition) is 2. The van der Waals surface area contributed by atoms with E-state index in [0.717, 1.165) is 25.5 Å². The van der Waals surface area contributed by atoms with E-state index in [4.69, 9.17) is 0 Å². The van der Waals surface area contributed by atoms with E-state index in [2.05, 4.69) is 10.0 Å². The lowest BCUT2D eigenvalue weighted by Gasteiger charge is -2.24. The smallest absolute Gasteiger partial charge is 0.271 e. The van der Waals surface area contributed by atoms with E-state index in [-0.39, 0.29) is 16.6 Å². The molecule has 0 spiro atoms. The molecule has 0 aromatic heterocycles.